The van der Waals surface area contributed by atoms with Crippen LogP contribution < -0.4 is 21.4 Å². The maximum atomic E-state index is 14.8. The quantitative estimate of drug-likeness (QED) is 0.231. The van der Waals surface area contributed by atoms with Crippen LogP contribution in [0.5, 0.6) is 5.75 Å². The number of halogens is 4. The Hall–Kier alpha value is -5.10. The molecule has 0 saturated carbocycles. The van der Waals surface area contributed by atoms with E-state index in [4.69, 9.17) is 10.3 Å². The SMILES string of the molecule is CC(c1oc2cccc(F)c2c(=O)c1-c1ccccc1)N1NC(c2ccc(OC(F)F)c(F)c2)=C2C1=CN=CN2N. The average molecular weight is 564 g/mol. The summed E-state index contributed by atoms with van der Waals surface area (Å²) in [5, 5.41) is 2.67. The van der Waals surface area contributed by atoms with E-state index in [2.05, 4.69) is 15.2 Å². The van der Waals surface area contributed by atoms with E-state index < -0.39 is 35.5 Å². The van der Waals surface area contributed by atoms with Gasteiger partial charge in [0.15, 0.2) is 11.6 Å². The molecule has 0 radical (unpaired) electrons. The number of benzene rings is 3. The molecule has 0 bridgehead atoms. The van der Waals surface area contributed by atoms with E-state index in [0.29, 0.717) is 22.7 Å². The van der Waals surface area contributed by atoms with Crippen LogP contribution in [0.4, 0.5) is 17.6 Å². The Labute approximate surface area is 230 Å². The van der Waals surface area contributed by atoms with Gasteiger partial charge in [0.05, 0.1) is 17.5 Å². The summed E-state index contributed by atoms with van der Waals surface area (Å²) < 4.78 is 65.2. The molecule has 0 fully saturated rings. The maximum absolute atomic E-state index is 14.8. The molecule has 1 aromatic heterocycles. The summed E-state index contributed by atoms with van der Waals surface area (Å²) in [6.45, 7) is -1.44. The Bertz CT molecular complexity index is 1820. The van der Waals surface area contributed by atoms with Gasteiger partial charge in [-0.2, -0.15) is 8.78 Å². The zero-order chi connectivity index (χ0) is 28.8. The number of aliphatic imine (C=N–C) groups is 1. The molecule has 0 saturated heterocycles. The number of nitrogens with zero attached hydrogens (tertiary/aromatic N) is 3. The van der Waals surface area contributed by atoms with Gasteiger partial charge in [-0.15, -0.1) is 0 Å². The van der Waals surface area contributed by atoms with Gasteiger partial charge >= 0.3 is 6.61 Å². The first-order chi connectivity index (χ1) is 19.7. The van der Waals surface area contributed by atoms with E-state index in [1.54, 1.807) is 42.3 Å². The second-order valence-electron chi connectivity index (χ2n) is 9.24. The molecule has 0 spiro atoms. The van der Waals surface area contributed by atoms with Gasteiger partial charge in [0.1, 0.15) is 46.3 Å². The molecule has 3 aromatic carbocycles. The number of nitrogens with two attached hydrogens (primary N) is 1. The Kier molecular flexibility index (Phi) is 6.46. The monoisotopic (exact) mass is 563 g/mol. The van der Waals surface area contributed by atoms with Crippen LogP contribution in [0.25, 0.3) is 27.8 Å². The van der Waals surface area contributed by atoms with E-state index in [1.807, 2.05) is 0 Å². The molecule has 6 rings (SSSR count). The lowest BCUT2D eigenvalue weighted by molar-refractivity contribution is -0.0521. The van der Waals surface area contributed by atoms with Gasteiger partial charge in [0.2, 0.25) is 5.43 Å². The van der Waals surface area contributed by atoms with Crippen molar-refractivity contribution in [1.29, 1.82) is 0 Å². The third-order valence-corrected chi connectivity index (χ3v) is 6.78. The standard InChI is InChI=1S/C29H21F4N5O3/c1-15(28-23(16-6-3-2-4-7-16)27(39)24-18(30)8-5-9-22(24)40-28)38-20-13-35-14-37(34)26(20)25(36-38)17-10-11-21(19(31)12-17)41-29(32)33/h2-15,29,36H,34H2,1H3. The smallest absolute Gasteiger partial charge is 0.387 e. The predicted octanol–water partition coefficient (Wildman–Crippen LogP) is 5.65. The number of hydrogen-bond acceptors (Lipinski definition) is 8. The molecule has 1 unspecified atom stereocenters. The Morgan fingerprint density at radius 2 is 1.78 bits per heavy atom. The normalized spacial score (nSPS) is 15.3. The lowest BCUT2D eigenvalue weighted by Gasteiger charge is -2.30. The fourth-order valence-electron chi connectivity index (χ4n) is 4.95. The molecule has 4 aromatic rings. The number of nitrogens with one attached hydrogen (secondary N) is 1. The first-order valence-electron chi connectivity index (χ1n) is 12.4. The molecule has 41 heavy (non-hydrogen) atoms. The third kappa shape index (κ3) is 4.47. The number of ether oxygens (including phenoxy) is 1. The first-order valence-corrected chi connectivity index (χ1v) is 12.4. The van der Waals surface area contributed by atoms with Gasteiger partial charge in [-0.3, -0.25) is 20.2 Å². The average Bonchev–Trinajstić information content (AvgIpc) is 3.35. The molecule has 1 atom stereocenters. The lowest BCUT2D eigenvalue weighted by Crippen LogP contribution is -2.36. The maximum Gasteiger partial charge on any atom is 0.387 e. The van der Waals surface area contributed by atoms with Gasteiger partial charge in [-0.1, -0.05) is 36.4 Å². The van der Waals surface area contributed by atoms with Crippen molar-refractivity contribution >= 4 is 23.0 Å². The van der Waals surface area contributed by atoms with Crippen LogP contribution in [-0.2, 0) is 0 Å². The van der Waals surface area contributed by atoms with Crippen molar-refractivity contribution in [3.63, 3.8) is 0 Å². The predicted molar refractivity (Wildman–Crippen MR) is 144 cm³/mol. The minimum absolute atomic E-state index is 0.0666. The zero-order valence-corrected chi connectivity index (χ0v) is 21.3. The largest absolute Gasteiger partial charge is 0.458 e. The van der Waals surface area contributed by atoms with Gasteiger partial charge in [0.25, 0.3) is 0 Å². The molecule has 3 heterocycles. The molecular weight excluding hydrogens is 542 g/mol. The second kappa shape index (κ2) is 10.1. The van der Waals surface area contributed by atoms with Gasteiger partial charge in [-0.25, -0.2) is 19.6 Å². The molecular formula is C29H21F4N5O3. The van der Waals surface area contributed by atoms with Crippen molar-refractivity contribution in [2.45, 2.75) is 19.6 Å². The molecule has 12 heteroatoms. The Balaban J connectivity index is 1.48. The molecule has 2 aliphatic rings. The van der Waals surface area contributed by atoms with E-state index in [0.717, 1.165) is 12.1 Å². The summed E-state index contributed by atoms with van der Waals surface area (Å²) >= 11 is 0. The summed E-state index contributed by atoms with van der Waals surface area (Å²) in [5.41, 5.74) is 4.83. The number of alkyl halides is 2. The minimum atomic E-state index is -3.19. The lowest BCUT2D eigenvalue weighted by atomic mass is 9.98. The first kappa shape index (κ1) is 26.1. The van der Waals surface area contributed by atoms with Gasteiger partial charge in [0, 0.05) is 5.56 Å². The fourth-order valence-corrected chi connectivity index (χ4v) is 4.95. The molecule has 2 aliphatic heterocycles. The minimum Gasteiger partial charge on any atom is -0.458 e. The van der Waals surface area contributed by atoms with E-state index in [1.165, 1.54) is 41.8 Å². The van der Waals surface area contributed by atoms with Crippen LogP contribution in [0.15, 0.2) is 98.5 Å². The van der Waals surface area contributed by atoms with E-state index >= 15 is 0 Å². The summed E-state index contributed by atoms with van der Waals surface area (Å²) in [4.78, 5) is 17.9. The van der Waals surface area contributed by atoms with Crippen LogP contribution in [0.3, 0.4) is 0 Å². The van der Waals surface area contributed by atoms with Crippen LogP contribution in [0.1, 0.15) is 24.3 Å². The molecule has 8 nitrogen and oxygen atoms in total. The van der Waals surface area contributed by atoms with E-state index in [-0.39, 0.29) is 27.9 Å². The van der Waals surface area contributed by atoms with Crippen molar-refractivity contribution < 1.29 is 26.7 Å². The molecule has 0 amide bonds. The van der Waals surface area contributed by atoms with Crippen LogP contribution >= 0.6 is 0 Å². The summed E-state index contributed by atoms with van der Waals surface area (Å²) in [6, 6.07) is 15.7. The van der Waals surface area contributed by atoms with Crippen LogP contribution in [0, 0.1) is 11.6 Å². The number of hydrazine groups is 2. The van der Waals surface area contributed by atoms with Crippen molar-refractivity contribution in [3.05, 3.63) is 118 Å². The molecule has 3 N–H and O–H groups in total. The Morgan fingerprint density at radius 3 is 2.51 bits per heavy atom. The van der Waals surface area contributed by atoms with Crippen molar-refractivity contribution in [1.82, 2.24) is 15.4 Å². The fraction of sp³-hybridized carbons (Fsp3) is 0.103. The molecule has 0 aliphatic carbocycles. The highest BCUT2D eigenvalue weighted by Gasteiger charge is 2.37. The van der Waals surface area contributed by atoms with Crippen LogP contribution in [-0.4, -0.2) is 23.0 Å². The third-order valence-electron chi connectivity index (χ3n) is 6.78. The summed E-state index contributed by atoms with van der Waals surface area (Å²) in [6.07, 6.45) is 2.86. The topological polar surface area (TPSA) is 96.3 Å². The zero-order valence-electron chi connectivity index (χ0n) is 21.3. The van der Waals surface area contributed by atoms with Crippen molar-refractivity contribution in [2.75, 3.05) is 0 Å². The summed E-state index contributed by atoms with van der Waals surface area (Å²) in [5.74, 6) is 4.11. The van der Waals surface area contributed by atoms with E-state index in [9.17, 15) is 22.4 Å². The highest BCUT2D eigenvalue weighted by molar-refractivity contribution is 5.84. The highest BCUT2D eigenvalue weighted by Crippen LogP contribution is 2.41. The highest BCUT2D eigenvalue weighted by atomic mass is 19.3. The van der Waals surface area contributed by atoms with Crippen molar-refractivity contribution in [2.24, 2.45) is 10.8 Å². The number of hydrogen-bond donors (Lipinski definition) is 2. The van der Waals surface area contributed by atoms with Crippen molar-refractivity contribution in [3.8, 4) is 16.9 Å². The molecule has 208 valence electrons. The van der Waals surface area contributed by atoms with Gasteiger partial charge < -0.3 is 9.15 Å². The number of fused-ring (bicyclic) bond motifs is 2. The number of rotatable bonds is 6. The van der Waals surface area contributed by atoms with Gasteiger partial charge in [-0.05, 0) is 42.8 Å². The Morgan fingerprint density at radius 1 is 1.00 bits per heavy atom. The summed E-state index contributed by atoms with van der Waals surface area (Å²) in [7, 11) is 0. The van der Waals surface area contributed by atoms with Crippen LogP contribution in [0.2, 0.25) is 0 Å². The second-order valence-corrected chi connectivity index (χ2v) is 9.24.